The number of rotatable bonds is 5. The summed E-state index contributed by atoms with van der Waals surface area (Å²) in [5, 5.41) is 13.3. The van der Waals surface area contributed by atoms with E-state index in [9.17, 15) is 27.7 Å². The number of anilines is 1. The number of carbonyl (C=O) groups is 1. The van der Waals surface area contributed by atoms with Crippen LogP contribution in [0.25, 0.3) is 10.2 Å². The van der Waals surface area contributed by atoms with Gasteiger partial charge in [0, 0.05) is 12.1 Å². The quantitative estimate of drug-likeness (QED) is 0.403. The fourth-order valence-electron chi connectivity index (χ4n) is 2.13. The summed E-state index contributed by atoms with van der Waals surface area (Å²) in [4.78, 5) is 26.2. The zero-order valence-electron chi connectivity index (χ0n) is 12.9. The van der Waals surface area contributed by atoms with E-state index in [0.29, 0.717) is 10.2 Å². The van der Waals surface area contributed by atoms with E-state index in [1.807, 2.05) is 0 Å². The van der Waals surface area contributed by atoms with E-state index in [1.165, 1.54) is 18.2 Å². The van der Waals surface area contributed by atoms with Crippen LogP contribution in [0.4, 0.5) is 15.2 Å². The summed E-state index contributed by atoms with van der Waals surface area (Å²) in [5.41, 5.74) is 0.329. The van der Waals surface area contributed by atoms with Crippen molar-refractivity contribution in [2.24, 2.45) is 0 Å². The highest BCUT2D eigenvalue weighted by atomic mass is 32.2. The number of hydrogen-bond donors (Lipinski definition) is 1. The molecule has 0 aliphatic rings. The Bertz CT molecular complexity index is 1110. The second-order valence-electron chi connectivity index (χ2n) is 5.19. The van der Waals surface area contributed by atoms with E-state index in [4.69, 9.17) is 0 Å². The molecule has 0 aliphatic carbocycles. The topological polar surface area (TPSA) is 119 Å². The van der Waals surface area contributed by atoms with Gasteiger partial charge in [-0.3, -0.25) is 14.9 Å². The number of nitro benzene ring substituents is 1. The zero-order chi connectivity index (χ0) is 18.9. The third kappa shape index (κ3) is 3.83. The van der Waals surface area contributed by atoms with Crippen molar-refractivity contribution >= 4 is 48.1 Å². The smallest absolute Gasteiger partial charge is 0.270 e. The first-order valence-corrected chi connectivity index (χ1v) is 9.55. The molecule has 134 valence electrons. The monoisotopic (exact) mass is 395 g/mol. The second kappa shape index (κ2) is 6.77. The maximum absolute atomic E-state index is 12.9. The van der Waals surface area contributed by atoms with Crippen molar-refractivity contribution in [2.75, 3.05) is 11.1 Å². The van der Waals surface area contributed by atoms with Crippen molar-refractivity contribution in [1.82, 2.24) is 4.98 Å². The number of hydrogen-bond acceptors (Lipinski definition) is 7. The molecule has 0 atom stereocenters. The predicted octanol–water partition coefficient (Wildman–Crippen LogP) is 2.76. The zero-order valence-corrected chi connectivity index (χ0v) is 14.5. The molecule has 1 aromatic heterocycles. The lowest BCUT2D eigenvalue weighted by Crippen LogP contribution is -2.22. The van der Waals surface area contributed by atoms with Crippen molar-refractivity contribution < 1.29 is 22.5 Å². The largest absolute Gasteiger partial charge is 0.301 e. The molecular weight excluding hydrogens is 385 g/mol. The molecule has 26 heavy (non-hydrogen) atoms. The molecule has 2 aromatic carbocycles. The van der Waals surface area contributed by atoms with Crippen molar-refractivity contribution in [2.45, 2.75) is 4.90 Å². The Morgan fingerprint density at radius 3 is 2.58 bits per heavy atom. The van der Waals surface area contributed by atoms with Gasteiger partial charge in [0.15, 0.2) is 15.0 Å². The molecule has 0 radical (unpaired) electrons. The third-order valence-electron chi connectivity index (χ3n) is 3.32. The van der Waals surface area contributed by atoms with Gasteiger partial charge < -0.3 is 5.32 Å². The van der Waals surface area contributed by atoms with Gasteiger partial charge in [-0.25, -0.2) is 17.8 Å². The summed E-state index contributed by atoms with van der Waals surface area (Å²) in [6, 6.07) is 8.18. The number of fused-ring (bicyclic) bond motifs is 1. The van der Waals surface area contributed by atoms with Gasteiger partial charge in [0.25, 0.3) is 5.69 Å². The molecule has 1 N–H and O–H groups in total. The molecule has 0 bridgehead atoms. The van der Waals surface area contributed by atoms with Crippen LogP contribution in [0, 0.1) is 15.9 Å². The molecule has 3 rings (SSSR count). The molecule has 11 heteroatoms. The van der Waals surface area contributed by atoms with Gasteiger partial charge >= 0.3 is 0 Å². The second-order valence-corrected chi connectivity index (χ2v) is 8.21. The summed E-state index contributed by atoms with van der Waals surface area (Å²) in [6.07, 6.45) is 0. The number of thiazole rings is 1. The van der Waals surface area contributed by atoms with Gasteiger partial charge in [-0.05, 0) is 30.3 Å². The molecule has 1 amide bonds. The van der Waals surface area contributed by atoms with Gasteiger partial charge in [0.1, 0.15) is 11.6 Å². The standard InChI is InChI=1S/C15H10FN3O5S2/c16-9-1-4-11(5-2-9)26(23,24)8-14(20)18-15-17-12-6-3-10(19(21)22)7-13(12)25-15/h1-7H,8H2,(H,17,18,20). The molecule has 0 aliphatic heterocycles. The van der Waals surface area contributed by atoms with Crippen LogP contribution in [0.3, 0.4) is 0 Å². The average molecular weight is 395 g/mol. The van der Waals surface area contributed by atoms with Crippen molar-refractivity contribution in [3.05, 3.63) is 58.4 Å². The molecular formula is C15H10FN3O5S2. The van der Waals surface area contributed by atoms with Crippen molar-refractivity contribution in [3.8, 4) is 0 Å². The third-order valence-corrected chi connectivity index (χ3v) is 5.89. The fourth-order valence-corrected chi connectivity index (χ4v) is 4.18. The molecule has 8 nitrogen and oxygen atoms in total. The SMILES string of the molecule is O=C(CS(=O)(=O)c1ccc(F)cc1)Nc1nc2ccc([N+](=O)[O-])cc2s1. The lowest BCUT2D eigenvalue weighted by atomic mass is 10.3. The first-order chi connectivity index (χ1) is 12.2. The van der Waals surface area contributed by atoms with E-state index in [2.05, 4.69) is 10.3 Å². The Balaban J connectivity index is 1.76. The maximum Gasteiger partial charge on any atom is 0.270 e. The van der Waals surface area contributed by atoms with Gasteiger partial charge in [0.05, 0.1) is 20.0 Å². The Morgan fingerprint density at radius 1 is 1.23 bits per heavy atom. The maximum atomic E-state index is 12.9. The average Bonchev–Trinajstić information content (AvgIpc) is 2.95. The van der Waals surface area contributed by atoms with Crippen molar-refractivity contribution in [1.29, 1.82) is 0 Å². The van der Waals surface area contributed by atoms with E-state index in [0.717, 1.165) is 35.6 Å². The van der Waals surface area contributed by atoms with Gasteiger partial charge in [-0.15, -0.1) is 0 Å². The Morgan fingerprint density at radius 2 is 1.92 bits per heavy atom. The first-order valence-electron chi connectivity index (χ1n) is 7.08. The lowest BCUT2D eigenvalue weighted by Gasteiger charge is -2.04. The molecule has 0 unspecified atom stereocenters. The number of aromatic nitrogens is 1. The van der Waals surface area contributed by atoms with E-state index < -0.39 is 32.2 Å². The van der Waals surface area contributed by atoms with Crippen LogP contribution >= 0.6 is 11.3 Å². The van der Waals surface area contributed by atoms with Crippen LogP contribution in [0.15, 0.2) is 47.4 Å². The van der Waals surface area contributed by atoms with Crippen LogP contribution in [0.1, 0.15) is 0 Å². The number of halogens is 1. The van der Waals surface area contributed by atoms with Gasteiger partial charge in [-0.1, -0.05) is 11.3 Å². The summed E-state index contributed by atoms with van der Waals surface area (Å²) in [7, 11) is -3.94. The van der Waals surface area contributed by atoms with E-state index in [1.54, 1.807) is 0 Å². The van der Waals surface area contributed by atoms with Crippen LogP contribution in [-0.4, -0.2) is 30.0 Å². The van der Waals surface area contributed by atoms with Crippen molar-refractivity contribution in [3.63, 3.8) is 0 Å². The first kappa shape index (κ1) is 17.9. The Labute approximate surface area is 150 Å². The number of nitrogens with one attached hydrogen (secondary N) is 1. The number of nitrogens with zero attached hydrogens (tertiary/aromatic N) is 2. The van der Waals surface area contributed by atoms with Gasteiger partial charge in [0.2, 0.25) is 5.91 Å². The number of benzene rings is 2. The van der Waals surface area contributed by atoms with E-state index >= 15 is 0 Å². The lowest BCUT2D eigenvalue weighted by molar-refractivity contribution is -0.384. The Hall–Kier alpha value is -2.92. The number of carbonyl (C=O) groups excluding carboxylic acids is 1. The highest BCUT2D eigenvalue weighted by Gasteiger charge is 2.20. The van der Waals surface area contributed by atoms with E-state index in [-0.39, 0.29) is 15.7 Å². The number of nitro groups is 1. The number of non-ortho nitro benzene ring substituents is 1. The summed E-state index contributed by atoms with van der Waals surface area (Å²) >= 11 is 0.989. The minimum atomic E-state index is -3.94. The van der Waals surface area contributed by atoms with Crippen LogP contribution < -0.4 is 5.32 Å². The molecule has 0 saturated heterocycles. The summed E-state index contributed by atoms with van der Waals surface area (Å²) in [6.45, 7) is 0. The predicted molar refractivity (Wildman–Crippen MR) is 93.4 cm³/mol. The van der Waals surface area contributed by atoms with Crippen LogP contribution in [-0.2, 0) is 14.6 Å². The summed E-state index contributed by atoms with van der Waals surface area (Å²) < 4.78 is 37.7. The molecule has 1 heterocycles. The molecule has 0 spiro atoms. The normalized spacial score (nSPS) is 11.4. The summed E-state index contributed by atoms with van der Waals surface area (Å²) in [5.74, 6) is -2.24. The highest BCUT2D eigenvalue weighted by molar-refractivity contribution is 7.92. The number of amides is 1. The molecule has 3 aromatic rings. The van der Waals surface area contributed by atoms with Crippen LogP contribution in [0.2, 0.25) is 0 Å². The molecule has 0 saturated carbocycles. The van der Waals surface area contributed by atoms with Crippen LogP contribution in [0.5, 0.6) is 0 Å². The Kier molecular flexibility index (Phi) is 4.66. The minimum absolute atomic E-state index is 0.113. The minimum Gasteiger partial charge on any atom is -0.301 e. The molecule has 0 fully saturated rings. The van der Waals surface area contributed by atoms with Gasteiger partial charge in [-0.2, -0.15) is 0 Å². The highest BCUT2D eigenvalue weighted by Crippen LogP contribution is 2.29. The number of sulfone groups is 1. The fraction of sp³-hybridized carbons (Fsp3) is 0.0667.